The fraction of sp³-hybridized carbons (Fsp3) is 0.435. The molecule has 1 amide bonds. The predicted molar refractivity (Wildman–Crippen MR) is 108 cm³/mol. The molecule has 4 rings (SSSR count). The smallest absolute Gasteiger partial charge is 0.255 e. The largest absolute Gasteiger partial charge is 0.484 e. The first-order valence-electron chi connectivity index (χ1n) is 10.3. The van der Waals surface area contributed by atoms with E-state index in [0.717, 1.165) is 60.3 Å². The predicted octanol–water partition coefficient (Wildman–Crippen LogP) is 2.98. The second-order valence-electron chi connectivity index (χ2n) is 7.78. The van der Waals surface area contributed by atoms with Crippen molar-refractivity contribution in [2.75, 3.05) is 13.2 Å². The molecule has 152 valence electrons. The van der Waals surface area contributed by atoms with Crippen molar-refractivity contribution in [3.05, 3.63) is 52.4 Å². The lowest BCUT2D eigenvalue weighted by Gasteiger charge is -2.43. The van der Waals surface area contributed by atoms with Crippen molar-refractivity contribution in [3.63, 3.8) is 0 Å². The number of amides is 1. The molecule has 1 aromatic rings. The highest BCUT2D eigenvalue weighted by atomic mass is 16.5. The van der Waals surface area contributed by atoms with Crippen LogP contribution >= 0.6 is 0 Å². The molecule has 1 aliphatic heterocycles. The third kappa shape index (κ3) is 3.48. The molecule has 0 bridgehead atoms. The van der Waals surface area contributed by atoms with E-state index >= 15 is 0 Å². The molecule has 0 unspecified atom stereocenters. The van der Waals surface area contributed by atoms with Gasteiger partial charge in [-0.3, -0.25) is 14.4 Å². The summed E-state index contributed by atoms with van der Waals surface area (Å²) in [5, 5.41) is 0. The van der Waals surface area contributed by atoms with Crippen LogP contribution in [0.1, 0.15) is 56.9 Å². The summed E-state index contributed by atoms with van der Waals surface area (Å²) in [6, 6.07) is 7.35. The van der Waals surface area contributed by atoms with Gasteiger partial charge in [-0.15, -0.1) is 0 Å². The summed E-state index contributed by atoms with van der Waals surface area (Å²) >= 11 is 0. The van der Waals surface area contributed by atoms with Gasteiger partial charge in [0.05, 0.1) is 0 Å². The molecule has 2 aliphatic carbocycles. The van der Waals surface area contributed by atoms with Gasteiger partial charge in [0.15, 0.2) is 18.2 Å². The number of carbonyl (C=O) groups excluding carboxylic acids is 3. The Labute approximate surface area is 170 Å². The summed E-state index contributed by atoms with van der Waals surface area (Å²) in [5.74, 6) is -0.145. The Bertz CT molecular complexity index is 900. The van der Waals surface area contributed by atoms with Crippen molar-refractivity contribution in [2.24, 2.45) is 5.73 Å². The molecule has 3 aliphatic rings. The number of allylic oxidation sites excluding steroid dienone is 4. The molecule has 6 nitrogen and oxygen atoms in total. The zero-order chi connectivity index (χ0) is 20.5. The van der Waals surface area contributed by atoms with Crippen LogP contribution in [0.5, 0.6) is 5.75 Å². The topological polar surface area (TPSA) is 89.7 Å². The van der Waals surface area contributed by atoms with E-state index in [1.165, 1.54) is 0 Å². The molecular weight excluding hydrogens is 368 g/mol. The van der Waals surface area contributed by atoms with Crippen molar-refractivity contribution < 1.29 is 19.1 Å². The minimum Gasteiger partial charge on any atom is -0.484 e. The Hall–Kier alpha value is -2.89. The summed E-state index contributed by atoms with van der Waals surface area (Å²) < 4.78 is 5.48. The molecular formula is C23H26N2O4. The Balaban J connectivity index is 1.85. The summed E-state index contributed by atoms with van der Waals surface area (Å²) in [4.78, 5) is 39.4. The van der Waals surface area contributed by atoms with Crippen molar-refractivity contribution in [3.8, 4) is 5.75 Å². The second-order valence-corrected chi connectivity index (χ2v) is 7.78. The summed E-state index contributed by atoms with van der Waals surface area (Å²) in [6.07, 6.45) is 4.43. The monoisotopic (exact) mass is 394 g/mol. The zero-order valence-electron chi connectivity index (χ0n) is 16.7. The molecule has 29 heavy (non-hydrogen) atoms. The van der Waals surface area contributed by atoms with Crippen molar-refractivity contribution in [1.82, 2.24) is 4.90 Å². The van der Waals surface area contributed by atoms with Crippen LogP contribution in [-0.4, -0.2) is 35.5 Å². The summed E-state index contributed by atoms with van der Waals surface area (Å²) in [6.45, 7) is 2.62. The lowest BCUT2D eigenvalue weighted by atomic mass is 9.71. The van der Waals surface area contributed by atoms with E-state index in [1.54, 1.807) is 6.07 Å². The van der Waals surface area contributed by atoms with E-state index < -0.39 is 5.91 Å². The lowest BCUT2D eigenvalue weighted by Crippen LogP contribution is -2.39. The molecule has 6 heteroatoms. The van der Waals surface area contributed by atoms with Crippen LogP contribution in [0, 0.1) is 0 Å². The molecule has 0 saturated heterocycles. The number of ether oxygens (including phenoxy) is 1. The Morgan fingerprint density at radius 3 is 2.24 bits per heavy atom. The quantitative estimate of drug-likeness (QED) is 0.829. The fourth-order valence-corrected chi connectivity index (χ4v) is 4.87. The molecule has 0 saturated carbocycles. The van der Waals surface area contributed by atoms with Gasteiger partial charge in [-0.1, -0.05) is 12.1 Å². The lowest BCUT2D eigenvalue weighted by molar-refractivity contribution is -0.120. The highest BCUT2D eigenvalue weighted by Crippen LogP contribution is 2.49. The fourth-order valence-electron chi connectivity index (χ4n) is 4.87. The van der Waals surface area contributed by atoms with Gasteiger partial charge in [-0.25, -0.2) is 0 Å². The van der Waals surface area contributed by atoms with Gasteiger partial charge in [0.2, 0.25) is 0 Å². The molecule has 2 N–H and O–H groups in total. The van der Waals surface area contributed by atoms with Gasteiger partial charge in [-0.2, -0.15) is 0 Å². The maximum atomic E-state index is 13.0. The standard InChI is InChI=1S/C23H26N2O4/c1-2-25-16-8-4-10-18(26)22(16)21(23-17(25)9-5-11-19(23)27)14-6-3-7-15(12-14)29-13-20(24)28/h3,6-7,12,21H,2,4-5,8-11,13H2,1H3,(H2,24,28). The van der Waals surface area contributed by atoms with Crippen molar-refractivity contribution >= 4 is 17.5 Å². The second kappa shape index (κ2) is 7.85. The van der Waals surface area contributed by atoms with E-state index in [0.29, 0.717) is 18.6 Å². The van der Waals surface area contributed by atoms with Gasteiger partial charge < -0.3 is 15.4 Å². The van der Waals surface area contributed by atoms with Gasteiger partial charge >= 0.3 is 0 Å². The van der Waals surface area contributed by atoms with E-state index in [1.807, 2.05) is 18.2 Å². The number of hydrogen-bond donors (Lipinski definition) is 1. The van der Waals surface area contributed by atoms with E-state index in [2.05, 4.69) is 11.8 Å². The van der Waals surface area contributed by atoms with Crippen LogP contribution in [-0.2, 0) is 14.4 Å². The zero-order valence-corrected chi connectivity index (χ0v) is 16.7. The van der Waals surface area contributed by atoms with Crippen LogP contribution in [0.25, 0.3) is 0 Å². The number of Topliss-reactive ketones (excluding diaryl/α,β-unsaturated/α-hetero) is 2. The molecule has 0 fully saturated rings. The minimum absolute atomic E-state index is 0.128. The molecule has 0 atom stereocenters. The number of nitrogens with two attached hydrogens (primary N) is 1. The van der Waals surface area contributed by atoms with Gasteiger partial charge in [0.25, 0.3) is 5.91 Å². The average molecular weight is 394 g/mol. The van der Waals surface area contributed by atoms with E-state index in [-0.39, 0.29) is 24.1 Å². The molecule has 0 spiro atoms. The number of benzene rings is 1. The van der Waals surface area contributed by atoms with Crippen LogP contribution in [0.4, 0.5) is 0 Å². The van der Waals surface area contributed by atoms with E-state index in [4.69, 9.17) is 10.5 Å². The third-order valence-corrected chi connectivity index (χ3v) is 5.98. The Morgan fingerprint density at radius 2 is 1.69 bits per heavy atom. The van der Waals surface area contributed by atoms with Crippen molar-refractivity contribution in [1.29, 1.82) is 0 Å². The Morgan fingerprint density at radius 1 is 1.07 bits per heavy atom. The number of nitrogens with zero attached hydrogens (tertiary/aromatic N) is 1. The normalized spacial score (nSPS) is 20.0. The SMILES string of the molecule is CCN1C2=C(C(=O)CCC2)C(c2cccc(OCC(N)=O)c2)C2=C1CCCC2=O. The molecule has 0 aromatic heterocycles. The van der Waals surface area contributed by atoms with Gasteiger partial charge in [0.1, 0.15) is 5.75 Å². The first-order valence-corrected chi connectivity index (χ1v) is 10.3. The van der Waals surface area contributed by atoms with Crippen LogP contribution < -0.4 is 10.5 Å². The van der Waals surface area contributed by atoms with Crippen LogP contribution in [0.3, 0.4) is 0 Å². The number of ketones is 2. The number of carbonyl (C=O) groups is 3. The highest BCUT2D eigenvalue weighted by molar-refractivity contribution is 6.06. The number of rotatable bonds is 5. The summed E-state index contributed by atoms with van der Waals surface area (Å²) in [5.41, 5.74) is 9.72. The summed E-state index contributed by atoms with van der Waals surface area (Å²) in [7, 11) is 0. The van der Waals surface area contributed by atoms with Crippen LogP contribution in [0.2, 0.25) is 0 Å². The number of primary amides is 1. The van der Waals surface area contributed by atoms with Crippen LogP contribution in [0.15, 0.2) is 46.8 Å². The first-order chi connectivity index (χ1) is 14.0. The molecule has 1 heterocycles. The maximum absolute atomic E-state index is 13.0. The Kier molecular flexibility index (Phi) is 5.26. The average Bonchev–Trinajstić information content (AvgIpc) is 2.71. The first kappa shape index (κ1) is 19.4. The molecule has 0 radical (unpaired) electrons. The number of hydrogen-bond acceptors (Lipinski definition) is 5. The highest BCUT2D eigenvalue weighted by Gasteiger charge is 2.42. The van der Waals surface area contributed by atoms with Crippen molar-refractivity contribution in [2.45, 2.75) is 51.4 Å². The molecule has 1 aromatic carbocycles. The maximum Gasteiger partial charge on any atom is 0.255 e. The van der Waals surface area contributed by atoms with Gasteiger partial charge in [0, 0.05) is 47.8 Å². The van der Waals surface area contributed by atoms with E-state index in [9.17, 15) is 14.4 Å². The third-order valence-electron chi connectivity index (χ3n) is 5.98. The van der Waals surface area contributed by atoms with Gasteiger partial charge in [-0.05, 0) is 50.3 Å². The minimum atomic E-state index is -0.549.